The first-order valence-electron chi connectivity index (χ1n) is 6.65. The Balaban J connectivity index is 0.00000289. The number of nitrogens with one attached hydrogen (secondary N) is 2. The summed E-state index contributed by atoms with van der Waals surface area (Å²) in [5, 5.41) is 6.74. The normalized spacial score (nSPS) is 18.1. The molecule has 0 aromatic heterocycles. The lowest BCUT2D eigenvalue weighted by Gasteiger charge is -2.25. The van der Waals surface area contributed by atoms with E-state index >= 15 is 0 Å². The Hall–Kier alpha value is 0.350. The van der Waals surface area contributed by atoms with Gasteiger partial charge in [0.25, 0.3) is 0 Å². The Morgan fingerprint density at radius 2 is 1.89 bits per heavy atom. The van der Waals surface area contributed by atoms with Crippen LogP contribution in [0.5, 0.6) is 0 Å². The van der Waals surface area contributed by atoms with Crippen molar-refractivity contribution in [1.82, 2.24) is 10.6 Å². The van der Waals surface area contributed by atoms with E-state index in [1.54, 1.807) is 0 Å². The fourth-order valence-electron chi connectivity index (χ4n) is 1.81. The molecule has 2 N–H and O–H groups in total. The van der Waals surface area contributed by atoms with E-state index in [-0.39, 0.29) is 29.5 Å². The van der Waals surface area contributed by atoms with Gasteiger partial charge in [0.2, 0.25) is 0 Å². The second-order valence-electron chi connectivity index (χ2n) is 5.65. The van der Waals surface area contributed by atoms with E-state index in [0.29, 0.717) is 0 Å². The molecule has 0 spiro atoms. The van der Waals surface area contributed by atoms with Gasteiger partial charge in [0.15, 0.2) is 5.96 Å². The van der Waals surface area contributed by atoms with Crippen molar-refractivity contribution >= 4 is 41.7 Å². The quantitative estimate of drug-likeness (QED) is 0.445. The molecular formula is C13H28IN3S. The summed E-state index contributed by atoms with van der Waals surface area (Å²) < 4.78 is 0. The molecule has 0 atom stereocenters. The molecule has 0 amide bonds. The third kappa shape index (κ3) is 8.45. The molecule has 5 heteroatoms. The molecule has 0 bridgehead atoms. The lowest BCUT2D eigenvalue weighted by atomic mass is 10.0. The molecule has 0 unspecified atom stereocenters. The average molecular weight is 385 g/mol. The van der Waals surface area contributed by atoms with Crippen LogP contribution in [0.25, 0.3) is 0 Å². The molecule has 0 saturated carbocycles. The van der Waals surface area contributed by atoms with Crippen molar-refractivity contribution in [2.45, 2.75) is 46.1 Å². The lowest BCUT2D eigenvalue weighted by molar-refractivity contribution is 0.484. The lowest BCUT2D eigenvalue weighted by Crippen LogP contribution is -2.47. The molecule has 1 aliphatic rings. The van der Waals surface area contributed by atoms with Gasteiger partial charge in [-0.05, 0) is 58.0 Å². The summed E-state index contributed by atoms with van der Waals surface area (Å²) >= 11 is 2.07. The molecule has 1 rings (SSSR count). The van der Waals surface area contributed by atoms with Crippen molar-refractivity contribution in [3.63, 3.8) is 0 Å². The maximum atomic E-state index is 4.71. The van der Waals surface area contributed by atoms with E-state index in [9.17, 15) is 0 Å². The highest BCUT2D eigenvalue weighted by Crippen LogP contribution is 2.22. The van der Waals surface area contributed by atoms with Crippen LogP contribution in [-0.4, -0.2) is 36.1 Å². The van der Waals surface area contributed by atoms with E-state index in [1.165, 1.54) is 24.3 Å². The van der Waals surface area contributed by atoms with E-state index < -0.39 is 0 Å². The molecule has 108 valence electrons. The smallest absolute Gasteiger partial charge is 0.191 e. The molecule has 1 heterocycles. The van der Waals surface area contributed by atoms with Crippen molar-refractivity contribution in [3.05, 3.63) is 0 Å². The van der Waals surface area contributed by atoms with Crippen molar-refractivity contribution in [2.75, 3.05) is 24.6 Å². The first-order valence-corrected chi connectivity index (χ1v) is 7.81. The summed E-state index contributed by atoms with van der Waals surface area (Å²) in [7, 11) is 0. The highest BCUT2D eigenvalue weighted by atomic mass is 127. The summed E-state index contributed by atoms with van der Waals surface area (Å²) in [5.74, 6) is 4.36. The van der Waals surface area contributed by atoms with Crippen LogP contribution < -0.4 is 10.6 Å². The zero-order valence-corrected chi connectivity index (χ0v) is 15.2. The number of thioether (sulfide) groups is 1. The van der Waals surface area contributed by atoms with Gasteiger partial charge in [-0.15, -0.1) is 24.0 Å². The molecular weight excluding hydrogens is 357 g/mol. The molecule has 1 aliphatic heterocycles. The summed E-state index contributed by atoms with van der Waals surface area (Å²) in [6.07, 6.45) is 2.65. The molecule has 18 heavy (non-hydrogen) atoms. The minimum atomic E-state index is 0. The van der Waals surface area contributed by atoms with Crippen LogP contribution in [0.2, 0.25) is 0 Å². The van der Waals surface area contributed by atoms with Gasteiger partial charge >= 0.3 is 0 Å². The summed E-state index contributed by atoms with van der Waals surface area (Å²) in [5.41, 5.74) is 0.0728. The van der Waals surface area contributed by atoms with Crippen LogP contribution in [0.15, 0.2) is 4.99 Å². The van der Waals surface area contributed by atoms with Crippen LogP contribution in [0.1, 0.15) is 40.5 Å². The Kier molecular flexibility index (Phi) is 9.47. The van der Waals surface area contributed by atoms with Crippen molar-refractivity contribution in [2.24, 2.45) is 10.9 Å². The molecule has 0 aliphatic carbocycles. The second-order valence-corrected chi connectivity index (χ2v) is 6.88. The number of halogens is 1. The molecule has 1 fully saturated rings. The average Bonchev–Trinajstić information content (AvgIpc) is 2.26. The first-order chi connectivity index (χ1) is 8.01. The molecule has 0 aromatic rings. The largest absolute Gasteiger partial charge is 0.357 e. The van der Waals surface area contributed by atoms with E-state index in [0.717, 1.165) is 25.0 Å². The van der Waals surface area contributed by atoms with Crippen molar-refractivity contribution in [3.8, 4) is 0 Å². The predicted molar refractivity (Wildman–Crippen MR) is 94.3 cm³/mol. The Labute approximate surface area is 133 Å². The Morgan fingerprint density at radius 3 is 2.39 bits per heavy atom. The third-order valence-corrected chi connectivity index (χ3v) is 3.73. The minimum absolute atomic E-state index is 0. The molecule has 0 aromatic carbocycles. The van der Waals surface area contributed by atoms with Crippen molar-refractivity contribution < 1.29 is 0 Å². The SMILES string of the molecule is CCNC(=NCC1CCSCC1)NC(C)(C)C.I. The Bertz CT molecular complexity index is 245. The number of aliphatic imine (C=N–C) groups is 1. The van der Waals surface area contributed by atoms with E-state index in [2.05, 4.69) is 50.1 Å². The van der Waals surface area contributed by atoms with E-state index in [1.807, 2.05) is 0 Å². The Morgan fingerprint density at radius 1 is 1.28 bits per heavy atom. The van der Waals surface area contributed by atoms with Crippen LogP contribution in [-0.2, 0) is 0 Å². The third-order valence-electron chi connectivity index (χ3n) is 2.69. The maximum absolute atomic E-state index is 4.71. The van der Waals surface area contributed by atoms with Crippen LogP contribution in [0.4, 0.5) is 0 Å². The predicted octanol–water partition coefficient (Wildman–Crippen LogP) is 3.10. The molecule has 1 saturated heterocycles. The minimum Gasteiger partial charge on any atom is -0.357 e. The van der Waals surface area contributed by atoms with Crippen LogP contribution >= 0.6 is 35.7 Å². The van der Waals surface area contributed by atoms with Gasteiger partial charge in [-0.25, -0.2) is 0 Å². The van der Waals surface area contributed by atoms with Gasteiger partial charge in [-0.2, -0.15) is 11.8 Å². The molecule has 0 radical (unpaired) electrons. The molecule has 3 nitrogen and oxygen atoms in total. The van der Waals surface area contributed by atoms with Crippen molar-refractivity contribution in [1.29, 1.82) is 0 Å². The number of hydrogen-bond donors (Lipinski definition) is 2. The van der Waals surface area contributed by atoms with Gasteiger partial charge in [0.1, 0.15) is 0 Å². The fourth-order valence-corrected chi connectivity index (χ4v) is 3.02. The van der Waals surface area contributed by atoms with Crippen LogP contribution in [0, 0.1) is 5.92 Å². The summed E-state index contributed by atoms with van der Waals surface area (Å²) in [6, 6.07) is 0. The van der Waals surface area contributed by atoms with Gasteiger partial charge in [0, 0.05) is 18.6 Å². The maximum Gasteiger partial charge on any atom is 0.191 e. The number of guanidine groups is 1. The van der Waals surface area contributed by atoms with Gasteiger partial charge in [-0.1, -0.05) is 0 Å². The first kappa shape index (κ1) is 18.4. The summed E-state index contributed by atoms with van der Waals surface area (Å²) in [4.78, 5) is 4.71. The standard InChI is InChI=1S/C13H27N3S.HI/c1-5-14-12(16-13(2,3)4)15-10-11-6-8-17-9-7-11;/h11H,5-10H2,1-4H3,(H2,14,15,16);1H. The van der Waals surface area contributed by atoms with Crippen LogP contribution in [0.3, 0.4) is 0 Å². The van der Waals surface area contributed by atoms with Gasteiger partial charge < -0.3 is 10.6 Å². The zero-order valence-electron chi connectivity index (χ0n) is 12.1. The van der Waals surface area contributed by atoms with Gasteiger partial charge in [0.05, 0.1) is 0 Å². The highest BCUT2D eigenvalue weighted by molar-refractivity contribution is 14.0. The number of hydrogen-bond acceptors (Lipinski definition) is 2. The highest BCUT2D eigenvalue weighted by Gasteiger charge is 2.15. The monoisotopic (exact) mass is 385 g/mol. The fraction of sp³-hybridized carbons (Fsp3) is 0.923. The zero-order chi connectivity index (χ0) is 12.7. The number of rotatable bonds is 3. The summed E-state index contributed by atoms with van der Waals surface area (Å²) in [6.45, 7) is 10.5. The second kappa shape index (κ2) is 9.28. The van der Waals surface area contributed by atoms with Gasteiger partial charge in [-0.3, -0.25) is 4.99 Å². The van der Waals surface area contributed by atoms with E-state index in [4.69, 9.17) is 4.99 Å². The topological polar surface area (TPSA) is 36.4 Å². The number of nitrogens with zero attached hydrogens (tertiary/aromatic N) is 1.